The summed E-state index contributed by atoms with van der Waals surface area (Å²) in [6.07, 6.45) is 3.80. The molecule has 1 amide bonds. The maximum absolute atomic E-state index is 11.5. The van der Waals surface area contributed by atoms with E-state index in [9.17, 15) is 4.79 Å². The zero-order valence-corrected chi connectivity index (χ0v) is 9.93. The minimum atomic E-state index is -0.421. The van der Waals surface area contributed by atoms with E-state index >= 15 is 0 Å². The molecular formula is C12H21NO2. The van der Waals surface area contributed by atoms with Crippen LogP contribution >= 0.6 is 0 Å². The fourth-order valence-corrected chi connectivity index (χ4v) is 1.75. The molecule has 3 nitrogen and oxygen atoms in total. The van der Waals surface area contributed by atoms with Gasteiger partial charge < -0.3 is 10.1 Å². The lowest BCUT2D eigenvalue weighted by molar-refractivity contribution is 0.0498. The average molecular weight is 211 g/mol. The molecule has 0 aromatic rings. The van der Waals surface area contributed by atoms with Crippen molar-refractivity contribution in [2.75, 3.05) is 0 Å². The second-order valence-electron chi connectivity index (χ2n) is 5.19. The van der Waals surface area contributed by atoms with E-state index in [1.165, 1.54) is 5.57 Å². The van der Waals surface area contributed by atoms with Gasteiger partial charge in [0.2, 0.25) is 0 Å². The van der Waals surface area contributed by atoms with E-state index in [0.29, 0.717) is 0 Å². The second-order valence-corrected chi connectivity index (χ2v) is 5.19. The maximum atomic E-state index is 11.5. The van der Waals surface area contributed by atoms with Gasteiger partial charge in [0, 0.05) is 6.04 Å². The van der Waals surface area contributed by atoms with Gasteiger partial charge in [-0.15, -0.1) is 0 Å². The van der Waals surface area contributed by atoms with Crippen molar-refractivity contribution in [3.8, 4) is 0 Å². The van der Waals surface area contributed by atoms with E-state index in [2.05, 4.69) is 11.9 Å². The highest BCUT2D eigenvalue weighted by Crippen LogP contribution is 2.22. The Kier molecular flexibility index (Phi) is 3.77. The molecule has 15 heavy (non-hydrogen) atoms. The fourth-order valence-electron chi connectivity index (χ4n) is 1.75. The summed E-state index contributed by atoms with van der Waals surface area (Å²) in [4.78, 5) is 11.5. The van der Waals surface area contributed by atoms with Crippen molar-refractivity contribution in [2.24, 2.45) is 0 Å². The third-order valence-electron chi connectivity index (χ3n) is 2.34. The number of carbonyl (C=O) groups is 1. The van der Waals surface area contributed by atoms with Crippen molar-refractivity contribution in [2.45, 2.75) is 58.1 Å². The van der Waals surface area contributed by atoms with Crippen LogP contribution in [0.25, 0.3) is 0 Å². The van der Waals surface area contributed by atoms with E-state index in [-0.39, 0.29) is 12.1 Å². The molecule has 1 atom stereocenters. The lowest BCUT2D eigenvalue weighted by Gasteiger charge is -2.26. The van der Waals surface area contributed by atoms with Gasteiger partial charge in [-0.3, -0.25) is 0 Å². The SMILES string of the molecule is C=C1CCC[C@H](NC(=O)OC(C)(C)C)C1. The molecule has 1 aliphatic carbocycles. The average Bonchev–Trinajstić information content (AvgIpc) is 1.99. The van der Waals surface area contributed by atoms with Crippen LogP contribution in [0.5, 0.6) is 0 Å². The molecule has 0 aromatic carbocycles. The molecule has 0 unspecified atom stereocenters. The summed E-state index contributed by atoms with van der Waals surface area (Å²) in [5.41, 5.74) is 0.803. The van der Waals surface area contributed by atoms with Crippen LogP contribution in [0.2, 0.25) is 0 Å². The summed E-state index contributed by atoms with van der Waals surface area (Å²) in [5.74, 6) is 0. The molecule has 0 radical (unpaired) electrons. The van der Waals surface area contributed by atoms with Crippen molar-refractivity contribution in [3.05, 3.63) is 12.2 Å². The number of hydrogen-bond donors (Lipinski definition) is 1. The van der Waals surface area contributed by atoms with Gasteiger partial charge in [-0.05, 0) is 46.5 Å². The molecular weight excluding hydrogens is 190 g/mol. The van der Waals surface area contributed by atoms with Crippen molar-refractivity contribution < 1.29 is 9.53 Å². The standard InChI is InChI=1S/C12H21NO2/c1-9-6-5-7-10(8-9)13-11(14)15-12(2,3)4/h10H,1,5-8H2,2-4H3,(H,13,14)/t10-/m0/s1. The predicted octanol–water partition coefficient (Wildman–Crippen LogP) is 3.01. The first-order valence-corrected chi connectivity index (χ1v) is 5.53. The molecule has 0 spiro atoms. The molecule has 1 rings (SSSR count). The van der Waals surface area contributed by atoms with Gasteiger partial charge >= 0.3 is 6.09 Å². The Labute approximate surface area is 91.9 Å². The summed E-state index contributed by atoms with van der Waals surface area (Å²) in [6, 6.07) is 0.209. The van der Waals surface area contributed by atoms with Crippen LogP contribution in [0, 0.1) is 0 Å². The van der Waals surface area contributed by atoms with Crippen molar-refractivity contribution in [3.63, 3.8) is 0 Å². The molecule has 1 N–H and O–H groups in total. The smallest absolute Gasteiger partial charge is 0.407 e. The molecule has 3 heteroatoms. The van der Waals surface area contributed by atoms with Gasteiger partial charge in [0.1, 0.15) is 5.60 Å². The topological polar surface area (TPSA) is 38.3 Å². The Balaban J connectivity index is 2.34. The molecule has 0 bridgehead atoms. The number of carbonyl (C=O) groups excluding carboxylic acids is 1. The van der Waals surface area contributed by atoms with Gasteiger partial charge in [-0.25, -0.2) is 4.79 Å². The molecule has 86 valence electrons. The Morgan fingerprint density at radius 2 is 2.20 bits per heavy atom. The summed E-state index contributed by atoms with van der Waals surface area (Å²) in [5, 5.41) is 2.88. The van der Waals surface area contributed by atoms with E-state index in [1.54, 1.807) is 0 Å². The summed E-state index contributed by atoms with van der Waals surface area (Å²) < 4.78 is 5.20. The largest absolute Gasteiger partial charge is 0.444 e. The summed E-state index contributed by atoms with van der Waals surface area (Å²) >= 11 is 0. The van der Waals surface area contributed by atoms with Gasteiger partial charge in [-0.1, -0.05) is 12.2 Å². The molecule has 0 aromatic heterocycles. The Morgan fingerprint density at radius 3 is 2.73 bits per heavy atom. The van der Waals surface area contributed by atoms with Crippen LogP contribution in [0.1, 0.15) is 46.5 Å². The Bertz CT molecular complexity index is 253. The first kappa shape index (κ1) is 12.1. The van der Waals surface area contributed by atoms with Gasteiger partial charge in [0.25, 0.3) is 0 Å². The fraction of sp³-hybridized carbons (Fsp3) is 0.750. The number of amides is 1. The van der Waals surface area contributed by atoms with Crippen molar-refractivity contribution >= 4 is 6.09 Å². The molecule has 0 saturated heterocycles. The highest BCUT2D eigenvalue weighted by Gasteiger charge is 2.21. The molecule has 1 fully saturated rings. The monoisotopic (exact) mass is 211 g/mol. The van der Waals surface area contributed by atoms with Crippen LogP contribution in [0.3, 0.4) is 0 Å². The summed E-state index contributed by atoms with van der Waals surface area (Å²) in [7, 11) is 0. The zero-order chi connectivity index (χ0) is 11.5. The number of ether oxygens (including phenoxy) is 1. The maximum Gasteiger partial charge on any atom is 0.407 e. The minimum Gasteiger partial charge on any atom is -0.444 e. The van der Waals surface area contributed by atoms with Gasteiger partial charge in [0.05, 0.1) is 0 Å². The second kappa shape index (κ2) is 4.69. The first-order chi connectivity index (χ1) is 6.87. The van der Waals surface area contributed by atoms with Gasteiger partial charge in [0.15, 0.2) is 0 Å². The Hall–Kier alpha value is -0.990. The Morgan fingerprint density at radius 1 is 1.53 bits per heavy atom. The van der Waals surface area contributed by atoms with Crippen LogP contribution in [0.15, 0.2) is 12.2 Å². The normalized spacial score (nSPS) is 22.3. The minimum absolute atomic E-state index is 0.209. The van der Waals surface area contributed by atoms with E-state index in [4.69, 9.17) is 4.74 Å². The van der Waals surface area contributed by atoms with E-state index in [0.717, 1.165) is 25.7 Å². The lowest BCUT2D eigenvalue weighted by atomic mass is 9.92. The highest BCUT2D eigenvalue weighted by atomic mass is 16.6. The number of hydrogen-bond acceptors (Lipinski definition) is 2. The van der Waals surface area contributed by atoms with Crippen LogP contribution < -0.4 is 5.32 Å². The number of nitrogens with one attached hydrogen (secondary N) is 1. The number of rotatable bonds is 1. The van der Waals surface area contributed by atoms with Gasteiger partial charge in [-0.2, -0.15) is 0 Å². The molecule has 0 heterocycles. The summed E-state index contributed by atoms with van der Waals surface area (Å²) in [6.45, 7) is 9.56. The third-order valence-corrected chi connectivity index (χ3v) is 2.34. The van der Waals surface area contributed by atoms with Crippen LogP contribution in [0.4, 0.5) is 4.79 Å². The van der Waals surface area contributed by atoms with Crippen LogP contribution in [-0.2, 0) is 4.74 Å². The number of alkyl carbamates (subject to hydrolysis) is 1. The first-order valence-electron chi connectivity index (χ1n) is 5.53. The highest BCUT2D eigenvalue weighted by molar-refractivity contribution is 5.68. The predicted molar refractivity (Wildman–Crippen MR) is 60.8 cm³/mol. The van der Waals surface area contributed by atoms with E-state index in [1.807, 2.05) is 20.8 Å². The van der Waals surface area contributed by atoms with E-state index < -0.39 is 5.60 Å². The molecule has 1 saturated carbocycles. The molecule has 1 aliphatic rings. The molecule has 0 aliphatic heterocycles. The quantitative estimate of drug-likeness (QED) is 0.677. The third kappa shape index (κ3) is 4.86. The lowest BCUT2D eigenvalue weighted by Crippen LogP contribution is -2.40. The zero-order valence-electron chi connectivity index (χ0n) is 9.93. The van der Waals surface area contributed by atoms with Crippen LogP contribution in [-0.4, -0.2) is 17.7 Å². The van der Waals surface area contributed by atoms with Crippen molar-refractivity contribution in [1.82, 2.24) is 5.32 Å². The van der Waals surface area contributed by atoms with Crippen molar-refractivity contribution in [1.29, 1.82) is 0 Å².